The lowest BCUT2D eigenvalue weighted by atomic mass is 10.2. The lowest BCUT2D eigenvalue weighted by molar-refractivity contribution is 0.101. The van der Waals surface area contributed by atoms with E-state index in [0.717, 1.165) is 20.5 Å². The summed E-state index contributed by atoms with van der Waals surface area (Å²) in [7, 11) is 1.58. The lowest BCUT2D eigenvalue weighted by Gasteiger charge is -2.09. The Labute approximate surface area is 159 Å². The molecule has 6 nitrogen and oxygen atoms in total. The SMILES string of the molecule is COCc1c(C(=O)Nc2ccc(I)cc2C)nnn1-c1ccccc1. The molecule has 7 heteroatoms. The molecule has 0 unspecified atom stereocenters. The molecule has 0 radical (unpaired) electrons. The number of aryl methyl sites for hydroxylation is 1. The Bertz CT molecular complexity index is 893. The summed E-state index contributed by atoms with van der Waals surface area (Å²) < 4.78 is 7.99. The van der Waals surface area contributed by atoms with Crippen LogP contribution in [0, 0.1) is 10.5 Å². The normalized spacial score (nSPS) is 10.7. The molecule has 0 fully saturated rings. The van der Waals surface area contributed by atoms with E-state index in [2.05, 4.69) is 38.2 Å². The van der Waals surface area contributed by atoms with Crippen molar-refractivity contribution in [3.8, 4) is 5.69 Å². The highest BCUT2D eigenvalue weighted by Gasteiger charge is 2.21. The van der Waals surface area contributed by atoms with Crippen LogP contribution in [0.2, 0.25) is 0 Å². The Kier molecular flexibility index (Phi) is 5.44. The van der Waals surface area contributed by atoms with Crippen molar-refractivity contribution in [1.29, 1.82) is 0 Å². The van der Waals surface area contributed by atoms with Crippen LogP contribution in [0.4, 0.5) is 5.69 Å². The van der Waals surface area contributed by atoms with Crippen LogP contribution in [0.25, 0.3) is 5.69 Å². The standard InChI is InChI=1S/C18H17IN4O2/c1-12-10-13(19)8-9-15(12)20-18(24)17-16(11-25-2)23(22-21-17)14-6-4-3-5-7-14/h3-10H,11H2,1-2H3,(H,20,24). The lowest BCUT2D eigenvalue weighted by Crippen LogP contribution is -2.16. The van der Waals surface area contributed by atoms with Gasteiger partial charge in [0.15, 0.2) is 5.69 Å². The van der Waals surface area contributed by atoms with Crippen LogP contribution in [0.3, 0.4) is 0 Å². The number of hydrogen-bond donors (Lipinski definition) is 1. The zero-order valence-electron chi connectivity index (χ0n) is 13.9. The van der Waals surface area contributed by atoms with E-state index in [9.17, 15) is 4.79 Å². The summed E-state index contributed by atoms with van der Waals surface area (Å²) in [5.74, 6) is -0.307. The predicted octanol–water partition coefficient (Wildman–Crippen LogP) is 3.58. The molecule has 2 aromatic carbocycles. The molecule has 0 aliphatic rings. The average Bonchev–Trinajstić information content (AvgIpc) is 3.02. The molecule has 0 aliphatic heterocycles. The Morgan fingerprint density at radius 2 is 2.00 bits per heavy atom. The van der Waals surface area contributed by atoms with E-state index in [1.54, 1.807) is 11.8 Å². The Morgan fingerprint density at radius 1 is 1.24 bits per heavy atom. The molecule has 0 bridgehead atoms. The Morgan fingerprint density at radius 3 is 2.68 bits per heavy atom. The van der Waals surface area contributed by atoms with E-state index in [0.29, 0.717) is 5.69 Å². The molecular formula is C18H17IN4O2. The molecule has 0 saturated heterocycles. The van der Waals surface area contributed by atoms with E-state index in [4.69, 9.17) is 4.74 Å². The second-order valence-corrected chi connectivity index (χ2v) is 6.72. The predicted molar refractivity (Wildman–Crippen MR) is 104 cm³/mol. The highest BCUT2D eigenvalue weighted by Crippen LogP contribution is 2.20. The quantitative estimate of drug-likeness (QED) is 0.606. The van der Waals surface area contributed by atoms with Crippen molar-refractivity contribution < 1.29 is 9.53 Å². The minimum Gasteiger partial charge on any atom is -0.378 e. The van der Waals surface area contributed by atoms with E-state index < -0.39 is 0 Å². The van der Waals surface area contributed by atoms with Crippen LogP contribution in [0.1, 0.15) is 21.7 Å². The molecule has 3 rings (SSSR count). The van der Waals surface area contributed by atoms with Gasteiger partial charge < -0.3 is 10.1 Å². The Balaban J connectivity index is 1.93. The first-order chi connectivity index (χ1) is 12.1. The highest BCUT2D eigenvalue weighted by molar-refractivity contribution is 14.1. The van der Waals surface area contributed by atoms with E-state index in [-0.39, 0.29) is 18.2 Å². The number of amides is 1. The van der Waals surface area contributed by atoms with Gasteiger partial charge in [0.2, 0.25) is 0 Å². The van der Waals surface area contributed by atoms with Crippen LogP contribution >= 0.6 is 22.6 Å². The third-order valence-corrected chi connectivity index (χ3v) is 4.37. The number of nitrogens with one attached hydrogen (secondary N) is 1. The van der Waals surface area contributed by atoms with Crippen molar-refractivity contribution in [1.82, 2.24) is 15.0 Å². The van der Waals surface area contributed by atoms with Gasteiger partial charge in [-0.25, -0.2) is 4.68 Å². The molecule has 0 atom stereocenters. The fourth-order valence-corrected chi connectivity index (χ4v) is 3.12. The van der Waals surface area contributed by atoms with Crippen molar-refractivity contribution in [3.63, 3.8) is 0 Å². The molecule has 1 aromatic heterocycles. The molecule has 1 N–H and O–H groups in total. The maximum absolute atomic E-state index is 12.7. The summed E-state index contributed by atoms with van der Waals surface area (Å²) in [5, 5.41) is 11.1. The number of nitrogens with zero attached hydrogens (tertiary/aromatic N) is 3. The van der Waals surface area contributed by atoms with Gasteiger partial charge in [0.1, 0.15) is 5.69 Å². The number of ether oxygens (including phenoxy) is 1. The summed E-state index contributed by atoms with van der Waals surface area (Å²) in [6, 6.07) is 15.4. The largest absolute Gasteiger partial charge is 0.378 e. The van der Waals surface area contributed by atoms with Gasteiger partial charge >= 0.3 is 0 Å². The molecule has 25 heavy (non-hydrogen) atoms. The van der Waals surface area contributed by atoms with Crippen LogP contribution < -0.4 is 5.32 Å². The first-order valence-corrected chi connectivity index (χ1v) is 8.74. The average molecular weight is 448 g/mol. The number of benzene rings is 2. The summed E-state index contributed by atoms with van der Waals surface area (Å²) in [5.41, 5.74) is 3.43. The van der Waals surface area contributed by atoms with E-state index in [1.165, 1.54) is 0 Å². The highest BCUT2D eigenvalue weighted by atomic mass is 127. The number of halogens is 1. The van der Waals surface area contributed by atoms with E-state index in [1.807, 2.05) is 55.5 Å². The number of rotatable bonds is 5. The van der Waals surface area contributed by atoms with Crippen LogP contribution in [0.5, 0.6) is 0 Å². The molecule has 1 heterocycles. The molecule has 0 saturated carbocycles. The van der Waals surface area contributed by atoms with Gasteiger partial charge in [-0.1, -0.05) is 23.4 Å². The maximum Gasteiger partial charge on any atom is 0.278 e. The third kappa shape index (κ3) is 3.88. The number of hydrogen-bond acceptors (Lipinski definition) is 4. The zero-order valence-corrected chi connectivity index (χ0v) is 16.0. The summed E-state index contributed by atoms with van der Waals surface area (Å²) in [4.78, 5) is 12.7. The molecule has 0 spiro atoms. The molecule has 0 aliphatic carbocycles. The second kappa shape index (κ2) is 7.75. The number of para-hydroxylation sites is 1. The molecule has 128 valence electrons. The fraction of sp³-hybridized carbons (Fsp3) is 0.167. The van der Waals surface area contributed by atoms with Gasteiger partial charge in [0, 0.05) is 16.4 Å². The smallest absolute Gasteiger partial charge is 0.278 e. The topological polar surface area (TPSA) is 69.0 Å². The van der Waals surface area contributed by atoms with Gasteiger partial charge in [-0.3, -0.25) is 4.79 Å². The van der Waals surface area contributed by atoms with Crippen molar-refractivity contribution in [3.05, 3.63) is 69.1 Å². The van der Waals surface area contributed by atoms with Crippen molar-refractivity contribution in [2.24, 2.45) is 0 Å². The number of anilines is 1. The minimum absolute atomic E-state index is 0.232. The van der Waals surface area contributed by atoms with Crippen LogP contribution in [-0.4, -0.2) is 28.0 Å². The minimum atomic E-state index is -0.307. The zero-order chi connectivity index (χ0) is 17.8. The van der Waals surface area contributed by atoms with Gasteiger partial charge in [0.05, 0.1) is 12.3 Å². The number of carbonyl (C=O) groups is 1. The summed E-state index contributed by atoms with van der Waals surface area (Å²) in [6.07, 6.45) is 0. The number of methoxy groups -OCH3 is 1. The van der Waals surface area contributed by atoms with Crippen molar-refractivity contribution >= 4 is 34.2 Å². The van der Waals surface area contributed by atoms with E-state index >= 15 is 0 Å². The van der Waals surface area contributed by atoms with Gasteiger partial charge in [-0.05, 0) is 65.4 Å². The van der Waals surface area contributed by atoms with Crippen LogP contribution in [-0.2, 0) is 11.3 Å². The van der Waals surface area contributed by atoms with Gasteiger partial charge in [-0.2, -0.15) is 0 Å². The van der Waals surface area contributed by atoms with Crippen LogP contribution in [0.15, 0.2) is 48.5 Å². The third-order valence-electron chi connectivity index (χ3n) is 3.70. The van der Waals surface area contributed by atoms with Crippen molar-refractivity contribution in [2.75, 3.05) is 12.4 Å². The monoisotopic (exact) mass is 448 g/mol. The summed E-state index contributed by atoms with van der Waals surface area (Å²) in [6.45, 7) is 2.19. The molecular weight excluding hydrogens is 431 g/mol. The number of aromatic nitrogens is 3. The first-order valence-electron chi connectivity index (χ1n) is 7.66. The fourth-order valence-electron chi connectivity index (χ4n) is 2.47. The molecule has 3 aromatic rings. The van der Waals surface area contributed by atoms with Gasteiger partial charge in [0.25, 0.3) is 5.91 Å². The van der Waals surface area contributed by atoms with Crippen molar-refractivity contribution in [2.45, 2.75) is 13.5 Å². The molecule has 1 amide bonds. The maximum atomic E-state index is 12.7. The van der Waals surface area contributed by atoms with Gasteiger partial charge in [-0.15, -0.1) is 5.10 Å². The first kappa shape index (κ1) is 17.6. The second-order valence-electron chi connectivity index (χ2n) is 5.48. The number of carbonyl (C=O) groups excluding carboxylic acids is 1. The Hall–Kier alpha value is -2.26. The summed E-state index contributed by atoms with van der Waals surface area (Å²) >= 11 is 2.24.